The second-order valence-electron chi connectivity index (χ2n) is 4.82. The van der Waals surface area contributed by atoms with E-state index < -0.39 is 0 Å². The lowest BCUT2D eigenvalue weighted by molar-refractivity contribution is -0.131. The van der Waals surface area contributed by atoms with Gasteiger partial charge in [-0.25, -0.2) is 0 Å². The fourth-order valence-corrected chi connectivity index (χ4v) is 1.87. The quantitative estimate of drug-likeness (QED) is 0.669. The van der Waals surface area contributed by atoms with Gasteiger partial charge in [0.25, 0.3) is 0 Å². The minimum Gasteiger partial charge on any atom is -0.385 e. The number of benzene rings is 1. The Morgan fingerprint density at radius 3 is 2.53 bits per heavy atom. The second kappa shape index (κ2) is 8.67. The summed E-state index contributed by atoms with van der Waals surface area (Å²) >= 11 is 0. The summed E-state index contributed by atoms with van der Waals surface area (Å²) in [6.45, 7) is 2.67. The zero-order valence-electron chi connectivity index (χ0n) is 12.1. The number of ether oxygens (including phenoxy) is 1. The van der Waals surface area contributed by atoms with Crippen LogP contribution >= 0.6 is 0 Å². The van der Waals surface area contributed by atoms with Crippen LogP contribution in [0, 0.1) is 0 Å². The summed E-state index contributed by atoms with van der Waals surface area (Å²) in [6, 6.07) is 10.2. The Bertz CT molecular complexity index is 368. The molecule has 1 aromatic carbocycles. The maximum Gasteiger partial charge on any atom is 0.236 e. The number of methoxy groups -OCH3 is 1. The SMILES string of the molecule is COCCCN(C)C(=O)CN(C)Cc1ccccc1. The molecular weight excluding hydrogens is 240 g/mol. The molecule has 0 aliphatic heterocycles. The van der Waals surface area contributed by atoms with Gasteiger partial charge in [0.1, 0.15) is 0 Å². The Hall–Kier alpha value is -1.39. The third kappa shape index (κ3) is 6.36. The van der Waals surface area contributed by atoms with Crippen LogP contribution in [-0.4, -0.2) is 56.6 Å². The fraction of sp³-hybridized carbons (Fsp3) is 0.533. The van der Waals surface area contributed by atoms with E-state index >= 15 is 0 Å². The van der Waals surface area contributed by atoms with Crippen LogP contribution < -0.4 is 0 Å². The maximum atomic E-state index is 12.0. The molecule has 4 nitrogen and oxygen atoms in total. The molecule has 0 atom stereocenters. The molecule has 1 amide bonds. The molecule has 0 saturated heterocycles. The first-order valence-electron chi connectivity index (χ1n) is 6.59. The van der Waals surface area contributed by atoms with Gasteiger partial charge in [0.15, 0.2) is 0 Å². The topological polar surface area (TPSA) is 32.8 Å². The first kappa shape index (κ1) is 15.7. The molecule has 0 heterocycles. The van der Waals surface area contributed by atoms with Crippen LogP contribution in [-0.2, 0) is 16.1 Å². The number of hydrogen-bond donors (Lipinski definition) is 0. The van der Waals surface area contributed by atoms with Crippen molar-refractivity contribution < 1.29 is 9.53 Å². The van der Waals surface area contributed by atoms with Crippen molar-refractivity contribution in [2.75, 3.05) is 40.9 Å². The lowest BCUT2D eigenvalue weighted by Gasteiger charge is -2.21. The molecule has 19 heavy (non-hydrogen) atoms. The van der Waals surface area contributed by atoms with Crippen molar-refractivity contribution in [1.29, 1.82) is 0 Å². The van der Waals surface area contributed by atoms with Crippen molar-refractivity contribution in [2.24, 2.45) is 0 Å². The average Bonchev–Trinajstić information content (AvgIpc) is 2.39. The molecule has 0 N–H and O–H groups in total. The first-order chi connectivity index (χ1) is 9.13. The van der Waals surface area contributed by atoms with Gasteiger partial charge in [-0.15, -0.1) is 0 Å². The molecule has 0 bridgehead atoms. The molecular formula is C15H24N2O2. The summed E-state index contributed by atoms with van der Waals surface area (Å²) in [7, 11) is 5.48. The minimum atomic E-state index is 0.148. The predicted octanol–water partition coefficient (Wildman–Crippen LogP) is 1.61. The van der Waals surface area contributed by atoms with Crippen LogP contribution in [0.2, 0.25) is 0 Å². The number of rotatable bonds is 8. The van der Waals surface area contributed by atoms with Crippen molar-refractivity contribution >= 4 is 5.91 Å². The van der Waals surface area contributed by atoms with Crippen molar-refractivity contribution in [3.8, 4) is 0 Å². The Kier molecular flexibility index (Phi) is 7.15. The zero-order valence-corrected chi connectivity index (χ0v) is 12.1. The van der Waals surface area contributed by atoms with Gasteiger partial charge in [-0.05, 0) is 19.0 Å². The summed E-state index contributed by atoms with van der Waals surface area (Å²) in [4.78, 5) is 15.8. The lowest BCUT2D eigenvalue weighted by Crippen LogP contribution is -2.37. The average molecular weight is 264 g/mol. The molecule has 0 aromatic heterocycles. The molecule has 1 rings (SSSR count). The van der Waals surface area contributed by atoms with E-state index in [1.165, 1.54) is 5.56 Å². The third-order valence-corrected chi connectivity index (χ3v) is 2.97. The summed E-state index contributed by atoms with van der Waals surface area (Å²) in [6.07, 6.45) is 0.876. The smallest absolute Gasteiger partial charge is 0.236 e. The van der Waals surface area contributed by atoms with E-state index in [1.54, 1.807) is 12.0 Å². The first-order valence-corrected chi connectivity index (χ1v) is 6.59. The maximum absolute atomic E-state index is 12.0. The second-order valence-corrected chi connectivity index (χ2v) is 4.82. The molecule has 0 spiro atoms. The summed E-state index contributed by atoms with van der Waals surface area (Å²) in [5.41, 5.74) is 1.22. The van der Waals surface area contributed by atoms with Gasteiger partial charge in [-0.3, -0.25) is 9.69 Å². The fourth-order valence-electron chi connectivity index (χ4n) is 1.87. The van der Waals surface area contributed by atoms with Gasteiger partial charge < -0.3 is 9.64 Å². The van der Waals surface area contributed by atoms with Gasteiger partial charge in [0.2, 0.25) is 5.91 Å². The highest BCUT2D eigenvalue weighted by atomic mass is 16.5. The Labute approximate surface area is 116 Å². The van der Waals surface area contributed by atoms with Crippen LogP contribution in [0.15, 0.2) is 30.3 Å². The van der Waals surface area contributed by atoms with E-state index in [0.29, 0.717) is 13.2 Å². The van der Waals surface area contributed by atoms with E-state index in [9.17, 15) is 4.79 Å². The zero-order chi connectivity index (χ0) is 14.1. The van der Waals surface area contributed by atoms with Crippen molar-refractivity contribution in [2.45, 2.75) is 13.0 Å². The molecule has 0 saturated carbocycles. The Morgan fingerprint density at radius 2 is 1.89 bits per heavy atom. The highest BCUT2D eigenvalue weighted by Gasteiger charge is 2.11. The van der Waals surface area contributed by atoms with Crippen molar-refractivity contribution in [3.05, 3.63) is 35.9 Å². The van der Waals surface area contributed by atoms with Gasteiger partial charge in [-0.1, -0.05) is 30.3 Å². The molecule has 0 unspecified atom stereocenters. The number of carbonyl (C=O) groups is 1. The molecule has 0 aliphatic carbocycles. The third-order valence-electron chi connectivity index (χ3n) is 2.97. The van der Waals surface area contributed by atoms with Crippen LogP contribution in [0.5, 0.6) is 0 Å². The van der Waals surface area contributed by atoms with E-state index in [-0.39, 0.29) is 5.91 Å². The lowest BCUT2D eigenvalue weighted by atomic mass is 10.2. The number of likely N-dealkylation sites (N-methyl/N-ethyl adjacent to an activating group) is 2. The standard InChI is InChI=1S/C15H24N2O2/c1-16(12-14-8-5-4-6-9-14)13-15(18)17(2)10-7-11-19-3/h4-6,8-9H,7,10-13H2,1-3H3. The molecule has 0 fully saturated rings. The van der Waals surface area contributed by atoms with Crippen molar-refractivity contribution in [3.63, 3.8) is 0 Å². The van der Waals surface area contributed by atoms with Crippen LogP contribution in [0.4, 0.5) is 0 Å². The van der Waals surface area contributed by atoms with Gasteiger partial charge in [-0.2, -0.15) is 0 Å². The predicted molar refractivity (Wildman–Crippen MR) is 76.9 cm³/mol. The monoisotopic (exact) mass is 264 g/mol. The van der Waals surface area contributed by atoms with Gasteiger partial charge in [0.05, 0.1) is 6.54 Å². The van der Waals surface area contributed by atoms with Crippen molar-refractivity contribution in [1.82, 2.24) is 9.80 Å². The molecule has 4 heteroatoms. The molecule has 1 aromatic rings. The van der Waals surface area contributed by atoms with Crippen LogP contribution in [0.1, 0.15) is 12.0 Å². The number of hydrogen-bond acceptors (Lipinski definition) is 3. The van der Waals surface area contributed by atoms with Gasteiger partial charge >= 0.3 is 0 Å². The summed E-state index contributed by atoms with van der Waals surface area (Å²) in [5.74, 6) is 0.148. The number of nitrogens with zero attached hydrogens (tertiary/aromatic N) is 2. The number of amides is 1. The highest BCUT2D eigenvalue weighted by Crippen LogP contribution is 2.02. The molecule has 0 radical (unpaired) electrons. The number of carbonyl (C=O) groups excluding carboxylic acids is 1. The van der Waals surface area contributed by atoms with Gasteiger partial charge in [0, 0.05) is 33.9 Å². The minimum absolute atomic E-state index is 0.148. The normalized spacial score (nSPS) is 10.7. The van der Waals surface area contributed by atoms with E-state index in [1.807, 2.05) is 37.2 Å². The van der Waals surface area contributed by atoms with E-state index in [0.717, 1.165) is 19.5 Å². The van der Waals surface area contributed by atoms with E-state index in [4.69, 9.17) is 4.74 Å². The Balaban J connectivity index is 2.31. The summed E-state index contributed by atoms with van der Waals surface area (Å²) in [5, 5.41) is 0. The Morgan fingerprint density at radius 1 is 1.21 bits per heavy atom. The van der Waals surface area contributed by atoms with Crippen LogP contribution in [0.3, 0.4) is 0 Å². The molecule has 0 aliphatic rings. The molecule has 106 valence electrons. The largest absolute Gasteiger partial charge is 0.385 e. The van der Waals surface area contributed by atoms with Crippen LogP contribution in [0.25, 0.3) is 0 Å². The highest BCUT2D eigenvalue weighted by molar-refractivity contribution is 5.77. The van der Waals surface area contributed by atoms with E-state index in [2.05, 4.69) is 12.1 Å². The summed E-state index contributed by atoms with van der Waals surface area (Å²) < 4.78 is 4.98.